The highest BCUT2D eigenvalue weighted by Crippen LogP contribution is 2.47. The molecule has 1 saturated heterocycles. The van der Waals surface area contributed by atoms with Crippen LogP contribution in [-0.4, -0.2) is 48.5 Å². The third kappa shape index (κ3) is 4.77. The highest BCUT2D eigenvalue weighted by Gasteiger charge is 2.69. The Kier molecular flexibility index (Phi) is 6.22. The molecule has 1 heterocycles. The van der Waals surface area contributed by atoms with Crippen molar-refractivity contribution < 1.29 is 54.5 Å². The SMILES string of the molecule is CCC(C)(F)C(=O)OC1OC(C(=O)OCC(F)(F)F)(C(F)(F)F)CC1C. The van der Waals surface area contributed by atoms with Crippen LogP contribution >= 0.6 is 0 Å². The van der Waals surface area contributed by atoms with Gasteiger partial charge in [-0.1, -0.05) is 13.8 Å². The third-order valence-electron chi connectivity index (χ3n) is 3.86. The second-order valence-corrected chi connectivity index (χ2v) is 6.14. The van der Waals surface area contributed by atoms with Gasteiger partial charge in [0.25, 0.3) is 5.60 Å². The first kappa shape index (κ1) is 22.5. The minimum Gasteiger partial charge on any atom is -0.454 e. The summed E-state index contributed by atoms with van der Waals surface area (Å²) in [6.07, 6.45) is -14.0. The Morgan fingerprint density at radius 2 is 1.69 bits per heavy atom. The fraction of sp³-hybridized carbons (Fsp3) is 0.857. The number of hydrogen-bond acceptors (Lipinski definition) is 5. The predicted molar refractivity (Wildman–Crippen MR) is 70.4 cm³/mol. The highest BCUT2D eigenvalue weighted by atomic mass is 19.4. The maximum absolute atomic E-state index is 13.9. The Hall–Kier alpha value is -1.59. The molecule has 1 fully saturated rings. The number of rotatable bonds is 5. The molecule has 26 heavy (non-hydrogen) atoms. The van der Waals surface area contributed by atoms with Gasteiger partial charge in [-0.3, -0.25) is 0 Å². The summed E-state index contributed by atoms with van der Waals surface area (Å²) in [5.41, 5.74) is -6.26. The van der Waals surface area contributed by atoms with Crippen LogP contribution in [-0.2, 0) is 23.8 Å². The molecule has 0 aliphatic carbocycles. The molecule has 0 spiro atoms. The molecule has 152 valence electrons. The summed E-state index contributed by atoms with van der Waals surface area (Å²) in [4.78, 5) is 23.4. The third-order valence-corrected chi connectivity index (χ3v) is 3.86. The van der Waals surface area contributed by atoms with Gasteiger partial charge in [-0.05, 0) is 13.3 Å². The van der Waals surface area contributed by atoms with Crippen molar-refractivity contribution in [3.8, 4) is 0 Å². The number of carbonyl (C=O) groups excluding carboxylic acids is 2. The van der Waals surface area contributed by atoms with Gasteiger partial charge >= 0.3 is 24.3 Å². The molecule has 1 aliphatic heterocycles. The lowest BCUT2D eigenvalue weighted by atomic mass is 9.94. The van der Waals surface area contributed by atoms with E-state index >= 15 is 0 Å². The van der Waals surface area contributed by atoms with E-state index in [9.17, 15) is 40.3 Å². The molecule has 0 bridgehead atoms. The molecule has 5 nitrogen and oxygen atoms in total. The maximum Gasteiger partial charge on any atom is 0.428 e. The molecule has 0 aromatic heterocycles. The quantitative estimate of drug-likeness (QED) is 0.524. The standard InChI is InChI=1S/C14H17F7O5/c1-4-11(3,15)9(22)25-8-7(2)5-12(26-8,14(19,20)21)10(23)24-6-13(16,17)18/h7-8H,4-6H2,1-3H3. The number of carbonyl (C=O) groups is 2. The minimum absolute atomic E-state index is 0.342. The van der Waals surface area contributed by atoms with Crippen LogP contribution in [0, 0.1) is 5.92 Å². The van der Waals surface area contributed by atoms with Gasteiger partial charge in [0.2, 0.25) is 12.0 Å². The van der Waals surface area contributed by atoms with Gasteiger partial charge in [-0.2, -0.15) is 26.3 Å². The second-order valence-electron chi connectivity index (χ2n) is 6.14. The summed E-state index contributed by atoms with van der Waals surface area (Å²) in [6.45, 7) is 0.979. The van der Waals surface area contributed by atoms with Crippen molar-refractivity contribution in [3.63, 3.8) is 0 Å². The molecular weight excluding hydrogens is 381 g/mol. The van der Waals surface area contributed by atoms with E-state index in [2.05, 4.69) is 14.2 Å². The lowest BCUT2D eigenvalue weighted by molar-refractivity contribution is -0.295. The van der Waals surface area contributed by atoms with Crippen LogP contribution < -0.4 is 0 Å². The van der Waals surface area contributed by atoms with E-state index in [-0.39, 0.29) is 6.42 Å². The normalized spacial score (nSPS) is 29.2. The first-order valence-electron chi connectivity index (χ1n) is 7.44. The molecule has 0 radical (unpaired) electrons. The van der Waals surface area contributed by atoms with E-state index in [0.717, 1.165) is 13.8 Å². The molecule has 0 amide bonds. The zero-order valence-electron chi connectivity index (χ0n) is 14.0. The van der Waals surface area contributed by atoms with Crippen LogP contribution in [0.4, 0.5) is 30.7 Å². The number of halogens is 7. The number of alkyl halides is 7. The van der Waals surface area contributed by atoms with Gasteiger partial charge in [0, 0.05) is 12.3 Å². The van der Waals surface area contributed by atoms with Crippen LogP contribution in [0.3, 0.4) is 0 Å². The maximum atomic E-state index is 13.9. The fourth-order valence-corrected chi connectivity index (χ4v) is 2.12. The Morgan fingerprint density at radius 1 is 1.15 bits per heavy atom. The molecular formula is C14H17F7O5. The van der Waals surface area contributed by atoms with Gasteiger partial charge < -0.3 is 14.2 Å². The van der Waals surface area contributed by atoms with Gasteiger partial charge in [-0.15, -0.1) is 0 Å². The molecule has 0 aromatic carbocycles. The Labute approximate surface area is 143 Å². The van der Waals surface area contributed by atoms with Crippen molar-refractivity contribution in [3.05, 3.63) is 0 Å². The molecule has 0 saturated carbocycles. The average Bonchev–Trinajstić information content (AvgIpc) is 2.82. The average molecular weight is 398 g/mol. The van der Waals surface area contributed by atoms with E-state index in [1.54, 1.807) is 0 Å². The minimum atomic E-state index is -5.45. The molecule has 0 aromatic rings. The van der Waals surface area contributed by atoms with Crippen molar-refractivity contribution in [1.82, 2.24) is 0 Å². The molecule has 4 atom stereocenters. The molecule has 0 N–H and O–H groups in total. The first-order valence-corrected chi connectivity index (χ1v) is 7.44. The molecule has 4 unspecified atom stereocenters. The number of esters is 2. The van der Waals surface area contributed by atoms with Crippen molar-refractivity contribution in [1.29, 1.82) is 0 Å². The summed E-state index contributed by atoms with van der Waals surface area (Å²) in [6, 6.07) is 0. The molecule has 1 aliphatic rings. The van der Waals surface area contributed by atoms with Crippen LogP contribution in [0.5, 0.6) is 0 Å². The Morgan fingerprint density at radius 3 is 2.12 bits per heavy atom. The zero-order valence-corrected chi connectivity index (χ0v) is 14.0. The fourth-order valence-electron chi connectivity index (χ4n) is 2.12. The Bertz CT molecular complexity index is 543. The zero-order chi connectivity index (χ0) is 20.6. The van der Waals surface area contributed by atoms with Gasteiger partial charge in [0.15, 0.2) is 6.61 Å². The van der Waals surface area contributed by atoms with Gasteiger partial charge in [0.05, 0.1) is 0 Å². The van der Waals surface area contributed by atoms with Gasteiger partial charge in [-0.25, -0.2) is 14.0 Å². The van der Waals surface area contributed by atoms with Crippen LogP contribution in [0.15, 0.2) is 0 Å². The van der Waals surface area contributed by atoms with E-state index in [4.69, 9.17) is 0 Å². The summed E-state index contributed by atoms with van der Waals surface area (Å²) in [5.74, 6) is -5.09. The van der Waals surface area contributed by atoms with Crippen LogP contribution in [0.2, 0.25) is 0 Å². The lowest BCUT2D eigenvalue weighted by Gasteiger charge is -2.29. The summed E-state index contributed by atoms with van der Waals surface area (Å²) in [7, 11) is 0. The Balaban J connectivity index is 3.02. The van der Waals surface area contributed by atoms with Crippen molar-refractivity contribution in [2.75, 3.05) is 6.61 Å². The van der Waals surface area contributed by atoms with Gasteiger partial charge in [0.1, 0.15) is 0 Å². The van der Waals surface area contributed by atoms with Crippen LogP contribution in [0.25, 0.3) is 0 Å². The topological polar surface area (TPSA) is 61.8 Å². The summed E-state index contributed by atoms with van der Waals surface area (Å²) >= 11 is 0. The van der Waals surface area contributed by atoms with Crippen molar-refractivity contribution in [2.24, 2.45) is 5.92 Å². The monoisotopic (exact) mass is 398 g/mol. The molecule has 12 heteroatoms. The highest BCUT2D eigenvalue weighted by molar-refractivity contribution is 5.82. The smallest absolute Gasteiger partial charge is 0.428 e. The van der Waals surface area contributed by atoms with E-state index in [1.807, 2.05) is 0 Å². The van der Waals surface area contributed by atoms with Crippen LogP contribution in [0.1, 0.15) is 33.6 Å². The van der Waals surface area contributed by atoms with Crippen molar-refractivity contribution in [2.45, 2.75) is 63.5 Å². The summed E-state index contributed by atoms with van der Waals surface area (Å²) in [5, 5.41) is 0. The molecule has 1 rings (SSSR count). The number of ether oxygens (including phenoxy) is 3. The van der Waals surface area contributed by atoms with Crippen molar-refractivity contribution >= 4 is 11.9 Å². The number of hydrogen-bond donors (Lipinski definition) is 0. The lowest BCUT2D eigenvalue weighted by Crippen LogP contribution is -2.54. The first-order chi connectivity index (χ1) is 11.6. The second kappa shape index (κ2) is 7.20. The van der Waals surface area contributed by atoms with E-state index in [1.165, 1.54) is 6.92 Å². The van der Waals surface area contributed by atoms with E-state index in [0.29, 0.717) is 0 Å². The summed E-state index contributed by atoms with van der Waals surface area (Å²) < 4.78 is 103. The van der Waals surface area contributed by atoms with E-state index < -0.39 is 60.8 Å². The largest absolute Gasteiger partial charge is 0.454 e. The predicted octanol–water partition coefficient (Wildman–Crippen LogP) is 3.46.